The third-order valence-electron chi connectivity index (χ3n) is 3.95. The van der Waals surface area contributed by atoms with Crippen molar-refractivity contribution in [2.75, 3.05) is 32.8 Å². The van der Waals surface area contributed by atoms with Crippen LogP contribution in [0.4, 0.5) is 0 Å². The van der Waals surface area contributed by atoms with Crippen molar-refractivity contribution in [2.24, 2.45) is 10.9 Å². The van der Waals surface area contributed by atoms with Crippen LogP contribution in [-0.4, -0.2) is 43.6 Å². The van der Waals surface area contributed by atoms with Crippen molar-refractivity contribution in [1.82, 2.24) is 10.2 Å². The normalized spacial score (nSPS) is 17.0. The molecule has 1 aromatic heterocycles. The first-order chi connectivity index (χ1) is 10.8. The largest absolute Gasteiger partial charge is 0.467 e. The Morgan fingerprint density at radius 2 is 2.27 bits per heavy atom. The number of likely N-dealkylation sites (tertiary alicyclic amines) is 1. The molecule has 5 nitrogen and oxygen atoms in total. The van der Waals surface area contributed by atoms with Gasteiger partial charge in [0, 0.05) is 32.8 Å². The smallest absolute Gasteiger partial charge is 0.193 e. The molecular formula is C17H29N3O2. The predicted octanol–water partition coefficient (Wildman–Crippen LogP) is 2.88. The Bertz CT molecular complexity index is 423. The van der Waals surface area contributed by atoms with Gasteiger partial charge in [0.25, 0.3) is 0 Å². The highest BCUT2D eigenvalue weighted by Gasteiger charge is 2.18. The van der Waals surface area contributed by atoms with E-state index in [4.69, 9.17) is 14.1 Å². The second-order valence-corrected chi connectivity index (χ2v) is 5.89. The third kappa shape index (κ3) is 5.72. The summed E-state index contributed by atoms with van der Waals surface area (Å²) < 4.78 is 10.8. The van der Waals surface area contributed by atoms with E-state index in [0.29, 0.717) is 13.2 Å². The fraction of sp³-hybridized carbons (Fsp3) is 0.706. The summed E-state index contributed by atoms with van der Waals surface area (Å²) in [6.07, 6.45) is 5.12. The summed E-state index contributed by atoms with van der Waals surface area (Å²) >= 11 is 0. The van der Waals surface area contributed by atoms with Crippen LogP contribution in [0.2, 0.25) is 0 Å². The number of nitrogens with zero attached hydrogens (tertiary/aromatic N) is 2. The average Bonchev–Trinajstić information content (AvgIpc) is 3.04. The number of furan rings is 1. The summed E-state index contributed by atoms with van der Waals surface area (Å²) in [5.74, 6) is 2.77. The Balaban J connectivity index is 1.66. The van der Waals surface area contributed by atoms with E-state index in [1.165, 1.54) is 12.8 Å². The Labute approximate surface area is 133 Å². The maximum atomic E-state index is 5.58. The first-order valence-corrected chi connectivity index (χ1v) is 8.43. The highest BCUT2D eigenvalue weighted by Crippen LogP contribution is 2.15. The molecule has 0 spiro atoms. The molecule has 0 aromatic carbocycles. The number of ether oxygens (including phenoxy) is 1. The van der Waals surface area contributed by atoms with Crippen molar-refractivity contribution in [1.29, 1.82) is 0 Å². The molecule has 5 heteroatoms. The first-order valence-electron chi connectivity index (χ1n) is 8.43. The van der Waals surface area contributed by atoms with Crippen LogP contribution < -0.4 is 5.32 Å². The topological polar surface area (TPSA) is 50.0 Å². The number of rotatable bonds is 7. The summed E-state index contributed by atoms with van der Waals surface area (Å²) in [5.41, 5.74) is 0. The predicted molar refractivity (Wildman–Crippen MR) is 88.9 cm³/mol. The van der Waals surface area contributed by atoms with Gasteiger partial charge in [0.15, 0.2) is 5.96 Å². The lowest BCUT2D eigenvalue weighted by Crippen LogP contribution is -2.45. The number of piperidine rings is 1. The molecule has 0 saturated carbocycles. The molecule has 0 radical (unpaired) electrons. The van der Waals surface area contributed by atoms with Crippen molar-refractivity contribution < 1.29 is 9.15 Å². The molecule has 124 valence electrons. The number of hydrogen-bond donors (Lipinski definition) is 1. The third-order valence-corrected chi connectivity index (χ3v) is 3.95. The molecule has 0 amide bonds. The zero-order valence-corrected chi connectivity index (χ0v) is 13.9. The van der Waals surface area contributed by atoms with Crippen LogP contribution in [0.3, 0.4) is 0 Å². The van der Waals surface area contributed by atoms with Crippen molar-refractivity contribution in [3.63, 3.8) is 0 Å². The van der Waals surface area contributed by atoms with Crippen LogP contribution in [0.1, 0.15) is 38.9 Å². The minimum atomic E-state index is 0.542. The van der Waals surface area contributed by atoms with Gasteiger partial charge in [0.05, 0.1) is 6.26 Å². The number of hydrogen-bond acceptors (Lipinski definition) is 3. The van der Waals surface area contributed by atoms with Crippen LogP contribution in [0.15, 0.2) is 27.8 Å². The second-order valence-electron chi connectivity index (χ2n) is 5.89. The molecule has 2 heterocycles. The van der Waals surface area contributed by atoms with Crippen LogP contribution >= 0.6 is 0 Å². The number of aliphatic imine (C=N–C) groups is 1. The van der Waals surface area contributed by atoms with Crippen LogP contribution in [0, 0.1) is 5.92 Å². The van der Waals surface area contributed by atoms with Gasteiger partial charge in [0.1, 0.15) is 12.4 Å². The van der Waals surface area contributed by atoms with E-state index in [2.05, 4.69) is 24.1 Å². The van der Waals surface area contributed by atoms with Gasteiger partial charge >= 0.3 is 0 Å². The van der Waals surface area contributed by atoms with Gasteiger partial charge in [-0.05, 0) is 44.2 Å². The van der Waals surface area contributed by atoms with Crippen LogP contribution in [0.5, 0.6) is 0 Å². The molecule has 2 rings (SSSR count). The van der Waals surface area contributed by atoms with Crippen molar-refractivity contribution in [3.8, 4) is 0 Å². The molecule has 1 fully saturated rings. The number of nitrogens with one attached hydrogen (secondary N) is 1. The van der Waals surface area contributed by atoms with E-state index in [1.54, 1.807) is 6.26 Å². The van der Waals surface area contributed by atoms with Gasteiger partial charge in [0.2, 0.25) is 0 Å². The molecule has 0 unspecified atom stereocenters. The van der Waals surface area contributed by atoms with E-state index < -0.39 is 0 Å². The van der Waals surface area contributed by atoms with Crippen LogP contribution in [0.25, 0.3) is 0 Å². The molecule has 22 heavy (non-hydrogen) atoms. The zero-order chi connectivity index (χ0) is 15.6. The SMILES string of the molecule is CCNC(=NCCCOCc1ccco1)N1CCC(C)CC1. The lowest BCUT2D eigenvalue weighted by Gasteiger charge is -2.33. The van der Waals surface area contributed by atoms with Gasteiger partial charge in [-0.2, -0.15) is 0 Å². The lowest BCUT2D eigenvalue weighted by molar-refractivity contribution is 0.105. The fourth-order valence-corrected chi connectivity index (χ4v) is 2.57. The molecule has 0 aliphatic carbocycles. The quantitative estimate of drug-likeness (QED) is 0.478. The Morgan fingerprint density at radius 1 is 1.45 bits per heavy atom. The maximum absolute atomic E-state index is 5.58. The maximum Gasteiger partial charge on any atom is 0.193 e. The molecule has 1 N–H and O–H groups in total. The highest BCUT2D eigenvalue weighted by atomic mass is 16.5. The molecule has 0 bridgehead atoms. The minimum absolute atomic E-state index is 0.542. The average molecular weight is 307 g/mol. The minimum Gasteiger partial charge on any atom is -0.467 e. The molecule has 1 aliphatic heterocycles. The highest BCUT2D eigenvalue weighted by molar-refractivity contribution is 5.80. The van der Waals surface area contributed by atoms with E-state index in [9.17, 15) is 0 Å². The Kier molecular flexibility index (Phi) is 7.30. The number of guanidine groups is 1. The summed E-state index contributed by atoms with van der Waals surface area (Å²) in [6, 6.07) is 3.81. The summed E-state index contributed by atoms with van der Waals surface area (Å²) in [7, 11) is 0. The molecule has 0 atom stereocenters. The second kappa shape index (κ2) is 9.51. The Hall–Kier alpha value is -1.49. The van der Waals surface area contributed by atoms with Gasteiger partial charge in [-0.15, -0.1) is 0 Å². The molecular weight excluding hydrogens is 278 g/mol. The summed E-state index contributed by atoms with van der Waals surface area (Å²) in [6.45, 7) is 9.64. The van der Waals surface area contributed by atoms with E-state index in [0.717, 1.165) is 50.2 Å². The van der Waals surface area contributed by atoms with Crippen molar-refractivity contribution >= 4 is 5.96 Å². The molecule has 1 aromatic rings. The molecule has 1 aliphatic rings. The summed E-state index contributed by atoms with van der Waals surface area (Å²) in [4.78, 5) is 7.11. The zero-order valence-electron chi connectivity index (χ0n) is 13.9. The van der Waals surface area contributed by atoms with E-state index in [1.807, 2.05) is 12.1 Å². The Morgan fingerprint density at radius 3 is 2.95 bits per heavy atom. The summed E-state index contributed by atoms with van der Waals surface area (Å²) in [5, 5.41) is 3.40. The standard InChI is InChI=1S/C17H29N3O2/c1-3-18-17(20-10-7-15(2)8-11-20)19-9-5-12-21-14-16-6-4-13-22-16/h4,6,13,15H,3,5,7-12,14H2,1-2H3,(H,18,19). The monoisotopic (exact) mass is 307 g/mol. The van der Waals surface area contributed by atoms with Gasteiger partial charge in [-0.3, -0.25) is 4.99 Å². The van der Waals surface area contributed by atoms with Gasteiger partial charge in [-0.25, -0.2) is 0 Å². The van der Waals surface area contributed by atoms with Crippen molar-refractivity contribution in [2.45, 2.75) is 39.7 Å². The van der Waals surface area contributed by atoms with Crippen LogP contribution in [-0.2, 0) is 11.3 Å². The van der Waals surface area contributed by atoms with E-state index >= 15 is 0 Å². The lowest BCUT2D eigenvalue weighted by atomic mass is 10.00. The fourth-order valence-electron chi connectivity index (χ4n) is 2.57. The first kappa shape index (κ1) is 16.9. The van der Waals surface area contributed by atoms with Gasteiger partial charge < -0.3 is 19.4 Å². The van der Waals surface area contributed by atoms with E-state index in [-0.39, 0.29) is 0 Å². The van der Waals surface area contributed by atoms with Gasteiger partial charge in [-0.1, -0.05) is 6.92 Å². The molecule has 1 saturated heterocycles. The van der Waals surface area contributed by atoms with Crippen molar-refractivity contribution in [3.05, 3.63) is 24.2 Å².